The summed E-state index contributed by atoms with van der Waals surface area (Å²) in [6, 6.07) is 10.7. The van der Waals surface area contributed by atoms with Crippen molar-refractivity contribution in [2.45, 2.75) is 42.2 Å². The molecule has 0 radical (unpaired) electrons. The highest BCUT2D eigenvalue weighted by atomic mass is 35.5. The van der Waals surface area contributed by atoms with Gasteiger partial charge in [0, 0.05) is 22.6 Å². The zero-order chi connectivity index (χ0) is 28.8. The van der Waals surface area contributed by atoms with Crippen LogP contribution in [-0.4, -0.2) is 21.0 Å². The molecule has 14 heteroatoms. The van der Waals surface area contributed by atoms with Crippen LogP contribution in [0.4, 0.5) is 32.0 Å². The molecule has 0 spiro atoms. The normalized spacial score (nSPS) is 18.8. The summed E-state index contributed by atoms with van der Waals surface area (Å²) in [5, 5.41) is 1.23. The van der Waals surface area contributed by atoms with Gasteiger partial charge in [0.1, 0.15) is 0 Å². The highest BCUT2D eigenvalue weighted by Gasteiger charge is 2.39. The highest BCUT2D eigenvalue weighted by Crippen LogP contribution is 2.41. The summed E-state index contributed by atoms with van der Waals surface area (Å²) in [6.45, 7) is 0.262. The van der Waals surface area contributed by atoms with Crippen molar-refractivity contribution < 1.29 is 34.8 Å². The number of hydrogen-bond donors (Lipinski definition) is 1. The summed E-state index contributed by atoms with van der Waals surface area (Å²) < 4.78 is 108. The fourth-order valence-electron chi connectivity index (χ4n) is 4.44. The number of rotatable bonds is 5. The second-order valence-electron chi connectivity index (χ2n) is 8.94. The standard InChI is InChI=1S/C25H19Cl3F6N2O2S/c26-17-3-1-14(2-4-17)23-13-19(7-8-36(23)22-6-5-18(27)12-21(22)28)35-39(37,38)20-10-15(24(29,30)31)9-16(11-20)25(32,33)34/h1-6,9-12,19,23,35H,7-8,13H2. The predicted molar refractivity (Wildman–Crippen MR) is 138 cm³/mol. The minimum Gasteiger partial charge on any atom is -0.363 e. The SMILES string of the molecule is O=S(=O)(NC1CCN(c2ccc(Cl)cc2Cl)C(c2ccc(Cl)cc2)C1)c1cc(C(F)(F)F)cc(C(F)(F)F)c1. The molecule has 39 heavy (non-hydrogen) atoms. The van der Waals surface area contributed by atoms with Gasteiger partial charge in [-0.05, 0) is 66.9 Å². The first kappa shape index (κ1) is 29.8. The van der Waals surface area contributed by atoms with E-state index >= 15 is 0 Å². The summed E-state index contributed by atoms with van der Waals surface area (Å²) in [6.07, 6.45) is -10.1. The number of halogens is 9. The van der Waals surface area contributed by atoms with Crippen LogP contribution in [-0.2, 0) is 22.4 Å². The Bertz CT molecular complexity index is 1430. The van der Waals surface area contributed by atoms with Crippen molar-refractivity contribution >= 4 is 50.5 Å². The topological polar surface area (TPSA) is 49.4 Å². The molecule has 4 nitrogen and oxygen atoms in total. The lowest BCUT2D eigenvalue weighted by atomic mass is 9.91. The predicted octanol–water partition coefficient (Wildman–Crippen LogP) is 8.37. The van der Waals surface area contributed by atoms with Gasteiger partial charge < -0.3 is 4.90 Å². The van der Waals surface area contributed by atoms with Crippen molar-refractivity contribution in [2.75, 3.05) is 11.4 Å². The van der Waals surface area contributed by atoms with E-state index in [1.165, 1.54) is 0 Å². The van der Waals surface area contributed by atoms with Crippen molar-refractivity contribution in [1.29, 1.82) is 0 Å². The van der Waals surface area contributed by atoms with Crippen molar-refractivity contribution in [2.24, 2.45) is 0 Å². The molecule has 0 aromatic heterocycles. The fraction of sp³-hybridized carbons (Fsp3) is 0.280. The van der Waals surface area contributed by atoms with Gasteiger partial charge in [-0.2, -0.15) is 26.3 Å². The maximum Gasteiger partial charge on any atom is 0.416 e. The Kier molecular flexibility index (Phi) is 8.41. The van der Waals surface area contributed by atoms with E-state index in [2.05, 4.69) is 4.72 Å². The van der Waals surface area contributed by atoms with Crippen LogP contribution in [0.2, 0.25) is 15.1 Å². The van der Waals surface area contributed by atoms with Crippen LogP contribution in [0, 0.1) is 0 Å². The zero-order valence-electron chi connectivity index (χ0n) is 19.6. The molecule has 4 rings (SSSR count). The van der Waals surface area contributed by atoms with E-state index in [0.29, 0.717) is 20.8 Å². The summed E-state index contributed by atoms with van der Waals surface area (Å²) in [5.41, 5.74) is -2.07. The first-order valence-electron chi connectivity index (χ1n) is 11.3. The van der Waals surface area contributed by atoms with Crippen molar-refractivity contribution in [3.8, 4) is 0 Å². The van der Waals surface area contributed by atoms with Crippen LogP contribution < -0.4 is 9.62 Å². The number of nitrogens with zero attached hydrogens (tertiary/aromatic N) is 1. The van der Waals surface area contributed by atoms with Gasteiger partial charge in [-0.3, -0.25) is 0 Å². The third-order valence-electron chi connectivity index (χ3n) is 6.27. The maximum atomic E-state index is 13.3. The van der Waals surface area contributed by atoms with Gasteiger partial charge in [-0.1, -0.05) is 46.9 Å². The van der Waals surface area contributed by atoms with E-state index in [9.17, 15) is 34.8 Å². The molecule has 1 heterocycles. The number of hydrogen-bond acceptors (Lipinski definition) is 3. The summed E-state index contributed by atoms with van der Waals surface area (Å²) in [4.78, 5) is 0.800. The molecule has 1 N–H and O–H groups in total. The highest BCUT2D eigenvalue weighted by molar-refractivity contribution is 7.89. The molecule has 2 unspecified atom stereocenters. The number of anilines is 1. The molecule has 0 aliphatic carbocycles. The molecule has 1 saturated heterocycles. The van der Waals surface area contributed by atoms with Crippen molar-refractivity contribution in [3.05, 3.63) is 92.4 Å². The first-order chi connectivity index (χ1) is 18.0. The van der Waals surface area contributed by atoms with E-state index in [1.807, 2.05) is 4.90 Å². The Morgan fingerprint density at radius 2 is 1.36 bits per heavy atom. The number of piperidine rings is 1. The third-order valence-corrected chi connectivity index (χ3v) is 8.56. The average molecular weight is 632 g/mol. The van der Waals surface area contributed by atoms with Crippen LogP contribution in [0.3, 0.4) is 0 Å². The van der Waals surface area contributed by atoms with Gasteiger partial charge in [0.25, 0.3) is 0 Å². The Balaban J connectivity index is 1.67. The van der Waals surface area contributed by atoms with Crippen LogP contribution in [0.5, 0.6) is 0 Å². The molecule has 0 amide bonds. The monoisotopic (exact) mass is 630 g/mol. The molecular weight excluding hydrogens is 613 g/mol. The van der Waals surface area contributed by atoms with Gasteiger partial charge in [-0.25, -0.2) is 13.1 Å². The molecule has 1 fully saturated rings. The van der Waals surface area contributed by atoms with E-state index in [1.54, 1.807) is 42.5 Å². The second kappa shape index (κ2) is 11.0. The third kappa shape index (κ3) is 6.94. The zero-order valence-corrected chi connectivity index (χ0v) is 22.7. The molecule has 1 aliphatic heterocycles. The summed E-state index contributed by atoms with van der Waals surface area (Å²) >= 11 is 18.5. The molecule has 0 bridgehead atoms. The Hall–Kier alpha value is -2.18. The van der Waals surface area contributed by atoms with Crippen LogP contribution in [0.15, 0.2) is 65.6 Å². The lowest BCUT2D eigenvalue weighted by molar-refractivity contribution is -0.143. The minimum absolute atomic E-state index is 0.121. The molecule has 1 aliphatic rings. The molecule has 210 valence electrons. The van der Waals surface area contributed by atoms with Crippen molar-refractivity contribution in [3.63, 3.8) is 0 Å². The van der Waals surface area contributed by atoms with Crippen molar-refractivity contribution in [1.82, 2.24) is 4.72 Å². The second-order valence-corrected chi connectivity index (χ2v) is 11.9. The number of alkyl halides is 6. The van der Waals surface area contributed by atoms with Gasteiger partial charge in [-0.15, -0.1) is 0 Å². The molecular formula is C25H19Cl3F6N2O2S. The summed E-state index contributed by atoms with van der Waals surface area (Å²) in [5.74, 6) is 0. The Morgan fingerprint density at radius 1 is 0.795 bits per heavy atom. The lowest BCUT2D eigenvalue weighted by Gasteiger charge is -2.42. The first-order valence-corrected chi connectivity index (χ1v) is 14.0. The average Bonchev–Trinajstić information content (AvgIpc) is 2.83. The molecule has 2 atom stereocenters. The molecule has 3 aromatic rings. The Labute approximate surface area is 235 Å². The van der Waals surface area contributed by atoms with Crippen LogP contribution >= 0.6 is 34.8 Å². The van der Waals surface area contributed by atoms with Gasteiger partial charge >= 0.3 is 12.4 Å². The fourth-order valence-corrected chi connectivity index (χ4v) is 6.44. The smallest absolute Gasteiger partial charge is 0.363 e. The van der Waals surface area contributed by atoms with E-state index in [-0.39, 0.29) is 37.6 Å². The van der Waals surface area contributed by atoms with E-state index in [0.717, 1.165) is 5.56 Å². The number of benzene rings is 3. The lowest BCUT2D eigenvalue weighted by Crippen LogP contribution is -2.46. The number of nitrogens with one attached hydrogen (secondary N) is 1. The molecule has 3 aromatic carbocycles. The van der Waals surface area contributed by atoms with E-state index in [4.69, 9.17) is 34.8 Å². The Morgan fingerprint density at radius 3 is 1.90 bits per heavy atom. The van der Waals surface area contributed by atoms with Crippen LogP contribution in [0.25, 0.3) is 0 Å². The minimum atomic E-state index is -5.19. The molecule has 0 saturated carbocycles. The number of sulfonamides is 1. The largest absolute Gasteiger partial charge is 0.416 e. The van der Waals surface area contributed by atoms with E-state index < -0.39 is 50.5 Å². The van der Waals surface area contributed by atoms with Crippen LogP contribution in [0.1, 0.15) is 35.6 Å². The van der Waals surface area contributed by atoms with Gasteiger partial charge in [0.2, 0.25) is 10.0 Å². The van der Waals surface area contributed by atoms with Gasteiger partial charge in [0.05, 0.1) is 32.8 Å². The maximum absolute atomic E-state index is 13.3. The quantitative estimate of drug-likeness (QED) is 0.288. The van der Waals surface area contributed by atoms with Gasteiger partial charge in [0.15, 0.2) is 0 Å². The summed E-state index contributed by atoms with van der Waals surface area (Å²) in [7, 11) is -4.77.